The third kappa shape index (κ3) is 4.31. The summed E-state index contributed by atoms with van der Waals surface area (Å²) in [6.07, 6.45) is 6.61. The van der Waals surface area contributed by atoms with Crippen molar-refractivity contribution < 1.29 is 0 Å². The first-order valence-corrected chi connectivity index (χ1v) is 8.18. The van der Waals surface area contributed by atoms with E-state index in [1.807, 2.05) is 12.3 Å². The first kappa shape index (κ1) is 15.0. The highest BCUT2D eigenvalue weighted by molar-refractivity contribution is 5.38. The summed E-state index contributed by atoms with van der Waals surface area (Å²) in [4.78, 5) is 9.39. The van der Waals surface area contributed by atoms with Crippen LogP contribution in [-0.4, -0.2) is 42.6 Å². The summed E-state index contributed by atoms with van der Waals surface area (Å²) in [6.45, 7) is 5.64. The Morgan fingerprint density at radius 2 is 1.68 bits per heavy atom. The van der Waals surface area contributed by atoms with Crippen LogP contribution in [0.25, 0.3) is 0 Å². The molecule has 1 aliphatic heterocycles. The van der Waals surface area contributed by atoms with Crippen molar-refractivity contribution >= 4 is 5.82 Å². The minimum Gasteiger partial charge on any atom is -0.354 e. The van der Waals surface area contributed by atoms with Crippen LogP contribution in [0.1, 0.15) is 18.4 Å². The minimum absolute atomic E-state index is 1.08. The average Bonchev–Trinajstić information content (AvgIpc) is 2.61. The van der Waals surface area contributed by atoms with Crippen LogP contribution in [0.5, 0.6) is 0 Å². The number of hydrogen-bond acceptors (Lipinski definition) is 3. The quantitative estimate of drug-likeness (QED) is 0.763. The zero-order chi connectivity index (χ0) is 15.0. The first-order chi connectivity index (χ1) is 10.9. The van der Waals surface area contributed by atoms with Gasteiger partial charge in [-0.2, -0.15) is 0 Å². The summed E-state index contributed by atoms with van der Waals surface area (Å²) >= 11 is 0. The maximum atomic E-state index is 4.44. The molecule has 0 spiro atoms. The van der Waals surface area contributed by atoms with Crippen molar-refractivity contribution in [3.05, 3.63) is 66.7 Å². The summed E-state index contributed by atoms with van der Waals surface area (Å²) < 4.78 is 0. The van der Waals surface area contributed by atoms with Gasteiger partial charge in [0.1, 0.15) is 5.82 Å². The van der Waals surface area contributed by atoms with E-state index in [4.69, 9.17) is 0 Å². The van der Waals surface area contributed by atoms with E-state index in [1.54, 1.807) is 0 Å². The van der Waals surface area contributed by atoms with Crippen molar-refractivity contribution in [2.75, 3.05) is 37.6 Å². The van der Waals surface area contributed by atoms with E-state index >= 15 is 0 Å². The Labute approximate surface area is 133 Å². The van der Waals surface area contributed by atoms with E-state index in [2.05, 4.69) is 63.7 Å². The van der Waals surface area contributed by atoms with Gasteiger partial charge in [0.05, 0.1) is 0 Å². The van der Waals surface area contributed by atoms with Crippen molar-refractivity contribution in [1.82, 2.24) is 9.88 Å². The molecule has 1 radical (unpaired) electrons. The van der Waals surface area contributed by atoms with E-state index in [-0.39, 0.29) is 0 Å². The monoisotopic (exact) mass is 294 g/mol. The molecule has 3 rings (SSSR count). The number of aromatic nitrogens is 1. The summed E-state index contributed by atoms with van der Waals surface area (Å²) in [7, 11) is 0. The summed E-state index contributed by atoms with van der Waals surface area (Å²) in [5, 5.41) is 0. The number of rotatable bonds is 6. The van der Waals surface area contributed by atoms with Gasteiger partial charge in [-0.05, 0) is 43.5 Å². The molecule has 0 unspecified atom stereocenters. The molecule has 3 nitrogen and oxygen atoms in total. The number of anilines is 1. The molecule has 22 heavy (non-hydrogen) atoms. The Hall–Kier alpha value is -1.87. The predicted molar refractivity (Wildman–Crippen MR) is 92.0 cm³/mol. The Morgan fingerprint density at radius 3 is 2.41 bits per heavy atom. The molecule has 0 aliphatic carbocycles. The van der Waals surface area contributed by atoms with E-state index in [1.165, 1.54) is 18.5 Å². The molecule has 3 heteroatoms. The summed E-state index contributed by atoms with van der Waals surface area (Å²) in [6, 6.07) is 16.8. The maximum Gasteiger partial charge on any atom is 0.128 e. The van der Waals surface area contributed by atoms with Gasteiger partial charge in [-0.25, -0.2) is 4.98 Å². The van der Waals surface area contributed by atoms with Gasteiger partial charge >= 0.3 is 0 Å². The summed E-state index contributed by atoms with van der Waals surface area (Å²) in [5.74, 6) is 1.11. The topological polar surface area (TPSA) is 19.4 Å². The van der Waals surface area contributed by atoms with Crippen molar-refractivity contribution in [2.24, 2.45) is 0 Å². The molecule has 1 aromatic heterocycles. The molecule has 1 fully saturated rings. The van der Waals surface area contributed by atoms with Crippen LogP contribution < -0.4 is 4.90 Å². The van der Waals surface area contributed by atoms with Crippen LogP contribution in [-0.2, 0) is 0 Å². The van der Waals surface area contributed by atoms with Gasteiger partial charge < -0.3 is 4.90 Å². The lowest BCUT2D eigenvalue weighted by Crippen LogP contribution is -2.46. The molecule has 2 heterocycles. The predicted octanol–water partition coefficient (Wildman–Crippen LogP) is 3.24. The highest BCUT2D eigenvalue weighted by Crippen LogP contribution is 2.13. The molecular formula is C19H24N3. The smallest absolute Gasteiger partial charge is 0.128 e. The third-order valence-electron chi connectivity index (χ3n) is 4.20. The fraction of sp³-hybridized carbons (Fsp3) is 0.368. The molecule has 0 N–H and O–H groups in total. The van der Waals surface area contributed by atoms with Crippen molar-refractivity contribution in [3.8, 4) is 0 Å². The second-order valence-corrected chi connectivity index (χ2v) is 5.77. The number of piperazine rings is 1. The molecule has 0 saturated carbocycles. The van der Waals surface area contributed by atoms with Gasteiger partial charge in [0.15, 0.2) is 0 Å². The van der Waals surface area contributed by atoms with E-state index in [9.17, 15) is 0 Å². The Balaban J connectivity index is 1.34. The first-order valence-electron chi connectivity index (χ1n) is 8.18. The van der Waals surface area contributed by atoms with Crippen molar-refractivity contribution in [2.45, 2.75) is 12.8 Å². The standard InChI is InChI=1S/C19H24N3/c1-2-8-18(9-3-1)10-5-7-13-21-14-16-22(17-15-21)19-11-4-6-12-20-19/h1-4,6,8-12H,5,7,13-17H2. The van der Waals surface area contributed by atoms with Crippen LogP contribution in [0.2, 0.25) is 0 Å². The highest BCUT2D eigenvalue weighted by Gasteiger charge is 2.17. The molecule has 0 bridgehead atoms. The number of unbranched alkanes of at least 4 members (excludes halogenated alkanes) is 1. The van der Waals surface area contributed by atoms with E-state index in [0.717, 1.165) is 38.4 Å². The second kappa shape index (κ2) is 7.95. The van der Waals surface area contributed by atoms with Crippen LogP contribution in [0.4, 0.5) is 5.82 Å². The van der Waals surface area contributed by atoms with Crippen molar-refractivity contribution in [1.29, 1.82) is 0 Å². The Morgan fingerprint density at radius 1 is 0.909 bits per heavy atom. The average molecular weight is 294 g/mol. The summed E-state index contributed by atoms with van der Waals surface area (Å²) in [5.41, 5.74) is 1.34. The fourth-order valence-electron chi connectivity index (χ4n) is 2.91. The molecule has 0 amide bonds. The number of pyridine rings is 1. The number of hydrogen-bond donors (Lipinski definition) is 0. The lowest BCUT2D eigenvalue weighted by molar-refractivity contribution is 0.254. The molecular weight excluding hydrogens is 270 g/mol. The van der Waals surface area contributed by atoms with E-state index in [0.29, 0.717) is 0 Å². The molecule has 2 aromatic rings. The van der Waals surface area contributed by atoms with Gasteiger partial charge in [-0.3, -0.25) is 4.90 Å². The van der Waals surface area contributed by atoms with Crippen LogP contribution >= 0.6 is 0 Å². The zero-order valence-electron chi connectivity index (χ0n) is 13.1. The molecule has 1 aromatic carbocycles. The van der Waals surface area contributed by atoms with Gasteiger partial charge in [-0.1, -0.05) is 36.4 Å². The minimum atomic E-state index is 1.08. The normalized spacial score (nSPS) is 15.9. The molecule has 115 valence electrons. The lowest BCUT2D eigenvalue weighted by Gasteiger charge is -2.35. The van der Waals surface area contributed by atoms with Crippen LogP contribution in [0.3, 0.4) is 0 Å². The molecule has 0 atom stereocenters. The largest absolute Gasteiger partial charge is 0.354 e. The maximum absolute atomic E-state index is 4.44. The second-order valence-electron chi connectivity index (χ2n) is 5.77. The SMILES string of the molecule is [CH](CCCN1CCN(c2ccccn2)CC1)c1ccccc1. The lowest BCUT2D eigenvalue weighted by atomic mass is 10.1. The fourth-order valence-corrected chi connectivity index (χ4v) is 2.91. The van der Waals surface area contributed by atoms with Crippen LogP contribution in [0.15, 0.2) is 54.7 Å². The van der Waals surface area contributed by atoms with Crippen molar-refractivity contribution in [3.63, 3.8) is 0 Å². The van der Waals surface area contributed by atoms with Crippen LogP contribution in [0, 0.1) is 6.42 Å². The third-order valence-corrected chi connectivity index (χ3v) is 4.20. The Kier molecular flexibility index (Phi) is 5.43. The van der Waals surface area contributed by atoms with Gasteiger partial charge in [0.25, 0.3) is 0 Å². The van der Waals surface area contributed by atoms with Gasteiger partial charge in [0.2, 0.25) is 0 Å². The zero-order valence-corrected chi connectivity index (χ0v) is 13.1. The molecule has 1 saturated heterocycles. The highest BCUT2D eigenvalue weighted by atomic mass is 15.3. The van der Waals surface area contributed by atoms with Gasteiger partial charge in [-0.15, -0.1) is 0 Å². The number of nitrogens with zero attached hydrogens (tertiary/aromatic N) is 3. The van der Waals surface area contributed by atoms with E-state index < -0.39 is 0 Å². The number of benzene rings is 1. The molecule has 1 aliphatic rings. The van der Waals surface area contributed by atoms with Gasteiger partial charge in [0, 0.05) is 32.4 Å². The Bertz CT molecular complexity index is 533.